The van der Waals surface area contributed by atoms with E-state index in [1.54, 1.807) is 20.2 Å². The summed E-state index contributed by atoms with van der Waals surface area (Å²) in [6.07, 6.45) is 0. The number of ether oxygens (including phenoxy) is 1. The van der Waals surface area contributed by atoms with Crippen LogP contribution in [-0.4, -0.2) is 52.5 Å². The minimum Gasteiger partial charge on any atom is -0.433 e. The molecule has 21 heavy (non-hydrogen) atoms. The fourth-order valence-electron chi connectivity index (χ4n) is 2.27. The van der Waals surface area contributed by atoms with Gasteiger partial charge in [-0.05, 0) is 57.6 Å². The number of methoxy groups -OCH3 is 1. The van der Waals surface area contributed by atoms with E-state index in [1.165, 1.54) is 0 Å². The first-order valence-electron chi connectivity index (χ1n) is 7.10. The highest BCUT2D eigenvalue weighted by atomic mass is 28.5. The summed E-state index contributed by atoms with van der Waals surface area (Å²) in [6.45, 7) is 20.2. The topological polar surface area (TPSA) is 57.2 Å². The van der Waals surface area contributed by atoms with Gasteiger partial charge in [0.1, 0.15) is 0 Å². The van der Waals surface area contributed by atoms with Crippen molar-refractivity contribution in [3.63, 3.8) is 0 Å². The molecule has 0 aromatic rings. The third-order valence-corrected chi connectivity index (χ3v) is 16.4. The molecule has 126 valence electrons. The maximum Gasteiger partial charge on any atom is 0.320 e. The van der Waals surface area contributed by atoms with Gasteiger partial charge in [0, 0.05) is 7.11 Å². The standard InChI is InChI=1S/C12H32O5Si4/c1-12(11-14-2)18(3,4)15-20(7,8)17-21(9,10)16-19(5,6)13/h13H,1,11H2,2-10H3. The number of hydrogen-bond acceptors (Lipinski definition) is 5. The van der Waals surface area contributed by atoms with E-state index in [0.717, 1.165) is 5.20 Å². The first-order chi connectivity index (χ1) is 9.10. The number of rotatable bonds is 9. The van der Waals surface area contributed by atoms with E-state index >= 15 is 0 Å². The van der Waals surface area contributed by atoms with E-state index in [0.29, 0.717) is 6.61 Å². The van der Waals surface area contributed by atoms with E-state index < -0.39 is 34.0 Å². The average molecular weight is 369 g/mol. The van der Waals surface area contributed by atoms with E-state index in [-0.39, 0.29) is 0 Å². The molecule has 0 bridgehead atoms. The third-order valence-electron chi connectivity index (χ3n) is 2.66. The molecule has 0 atom stereocenters. The van der Waals surface area contributed by atoms with Crippen molar-refractivity contribution in [3.05, 3.63) is 11.8 Å². The van der Waals surface area contributed by atoms with Crippen molar-refractivity contribution >= 4 is 34.0 Å². The van der Waals surface area contributed by atoms with E-state index in [2.05, 4.69) is 19.7 Å². The van der Waals surface area contributed by atoms with Crippen LogP contribution in [0.15, 0.2) is 11.8 Å². The number of hydrogen-bond donors (Lipinski definition) is 1. The molecule has 1 N–H and O–H groups in total. The van der Waals surface area contributed by atoms with Crippen LogP contribution < -0.4 is 0 Å². The Morgan fingerprint density at radius 1 is 0.857 bits per heavy atom. The molecule has 0 saturated carbocycles. The highest BCUT2D eigenvalue weighted by molar-refractivity contribution is 6.90. The Bertz CT molecular complexity index is 363. The highest BCUT2D eigenvalue weighted by Gasteiger charge is 2.43. The molecule has 5 nitrogen and oxygen atoms in total. The molecule has 0 aromatic carbocycles. The maximum atomic E-state index is 9.96. The maximum absolute atomic E-state index is 9.96. The van der Waals surface area contributed by atoms with Gasteiger partial charge in [-0.1, -0.05) is 6.58 Å². The zero-order valence-electron chi connectivity index (χ0n) is 15.0. The fourth-order valence-corrected chi connectivity index (χ4v) is 18.9. The van der Waals surface area contributed by atoms with Crippen LogP contribution >= 0.6 is 0 Å². The minimum atomic E-state index is -2.61. The predicted molar refractivity (Wildman–Crippen MR) is 96.4 cm³/mol. The summed E-state index contributed by atoms with van der Waals surface area (Å²) in [7, 11) is -7.83. The molecule has 0 rings (SSSR count). The van der Waals surface area contributed by atoms with Crippen molar-refractivity contribution < 1.29 is 21.9 Å². The molecule has 0 saturated heterocycles. The Labute approximate surface area is 134 Å². The molecule has 0 aliphatic carbocycles. The van der Waals surface area contributed by atoms with Crippen molar-refractivity contribution in [1.82, 2.24) is 0 Å². The molecule has 9 heteroatoms. The monoisotopic (exact) mass is 368 g/mol. The lowest BCUT2D eigenvalue weighted by atomic mass is 10.7. The van der Waals surface area contributed by atoms with Crippen LogP contribution in [0.5, 0.6) is 0 Å². The Morgan fingerprint density at radius 2 is 1.29 bits per heavy atom. The van der Waals surface area contributed by atoms with Crippen molar-refractivity contribution in [1.29, 1.82) is 0 Å². The summed E-state index contributed by atoms with van der Waals surface area (Å²) in [6, 6.07) is 0. The molecule has 0 heterocycles. The van der Waals surface area contributed by atoms with Crippen LogP contribution in [0.1, 0.15) is 0 Å². The molecule has 0 radical (unpaired) electrons. The van der Waals surface area contributed by atoms with Gasteiger partial charge >= 0.3 is 25.7 Å². The van der Waals surface area contributed by atoms with Gasteiger partial charge in [-0.25, -0.2) is 0 Å². The third kappa shape index (κ3) is 9.21. The molecular formula is C12H32O5Si4. The van der Waals surface area contributed by atoms with Crippen LogP contribution in [0.2, 0.25) is 52.4 Å². The first-order valence-corrected chi connectivity index (χ1v) is 18.5. The van der Waals surface area contributed by atoms with Gasteiger partial charge in [0.05, 0.1) is 6.61 Å². The second-order valence-corrected chi connectivity index (χ2v) is 21.8. The molecule has 0 aliphatic rings. The van der Waals surface area contributed by atoms with E-state index in [1.807, 2.05) is 26.2 Å². The van der Waals surface area contributed by atoms with Gasteiger partial charge in [-0.15, -0.1) is 0 Å². The Balaban J connectivity index is 4.87. The van der Waals surface area contributed by atoms with Gasteiger partial charge in [0.25, 0.3) is 0 Å². The largest absolute Gasteiger partial charge is 0.433 e. The van der Waals surface area contributed by atoms with Crippen LogP contribution in [0, 0.1) is 0 Å². The summed E-state index contributed by atoms with van der Waals surface area (Å²) in [5.41, 5.74) is 0. The van der Waals surface area contributed by atoms with Gasteiger partial charge in [0.2, 0.25) is 8.32 Å². The van der Waals surface area contributed by atoms with Gasteiger partial charge < -0.3 is 21.9 Å². The van der Waals surface area contributed by atoms with Gasteiger partial charge in [-0.3, -0.25) is 0 Å². The summed E-state index contributed by atoms with van der Waals surface area (Å²) in [5, 5.41) is 1.01. The van der Waals surface area contributed by atoms with Crippen molar-refractivity contribution in [2.75, 3.05) is 13.7 Å². The van der Waals surface area contributed by atoms with E-state index in [9.17, 15) is 4.80 Å². The quantitative estimate of drug-likeness (QED) is 0.634. The minimum absolute atomic E-state index is 0.512. The normalized spacial score (nSPS) is 14.4. The Kier molecular flexibility index (Phi) is 7.46. The first kappa shape index (κ1) is 21.4. The molecule has 0 unspecified atom stereocenters. The molecular weight excluding hydrogens is 336 g/mol. The molecule has 0 fully saturated rings. The summed E-state index contributed by atoms with van der Waals surface area (Å²) in [5.74, 6) is 0. The van der Waals surface area contributed by atoms with Crippen molar-refractivity contribution in [2.24, 2.45) is 0 Å². The van der Waals surface area contributed by atoms with Gasteiger partial charge in [-0.2, -0.15) is 0 Å². The fraction of sp³-hybridized carbons (Fsp3) is 0.833. The molecule has 0 aliphatic heterocycles. The summed E-state index contributed by atoms with van der Waals surface area (Å²) in [4.78, 5) is 9.96. The Hall–Kier alpha value is 0.408. The molecule has 0 spiro atoms. The lowest BCUT2D eigenvalue weighted by Crippen LogP contribution is -2.57. The highest BCUT2D eigenvalue weighted by Crippen LogP contribution is 2.25. The van der Waals surface area contributed by atoms with Crippen LogP contribution in [0.3, 0.4) is 0 Å². The SMILES string of the molecule is C=C(COC)[Si](C)(C)O[Si](C)(C)O[Si](C)(C)O[Si](C)(C)O. The average Bonchev–Trinajstić information content (AvgIpc) is 2.08. The lowest BCUT2D eigenvalue weighted by molar-refractivity contribution is 0.228. The predicted octanol–water partition coefficient (Wildman–Crippen LogP) is 3.08. The second kappa shape index (κ2) is 7.32. The van der Waals surface area contributed by atoms with Crippen molar-refractivity contribution in [2.45, 2.75) is 52.4 Å². The summed E-state index contributed by atoms with van der Waals surface area (Å²) >= 11 is 0. The smallest absolute Gasteiger partial charge is 0.320 e. The Morgan fingerprint density at radius 3 is 1.67 bits per heavy atom. The molecule has 0 aromatic heterocycles. The van der Waals surface area contributed by atoms with Crippen LogP contribution in [0.4, 0.5) is 0 Å². The van der Waals surface area contributed by atoms with Crippen LogP contribution in [0.25, 0.3) is 0 Å². The van der Waals surface area contributed by atoms with Gasteiger partial charge in [0.15, 0.2) is 0 Å². The van der Waals surface area contributed by atoms with Crippen molar-refractivity contribution in [3.8, 4) is 0 Å². The zero-order chi connectivity index (χ0) is 17.1. The summed E-state index contributed by atoms with van der Waals surface area (Å²) < 4.78 is 23.6. The van der Waals surface area contributed by atoms with Crippen LogP contribution in [-0.2, 0) is 17.1 Å². The molecule has 0 amide bonds. The second-order valence-electron chi connectivity index (χ2n) is 7.10. The van der Waals surface area contributed by atoms with E-state index in [4.69, 9.17) is 17.1 Å². The zero-order valence-corrected chi connectivity index (χ0v) is 19.0. The lowest BCUT2D eigenvalue weighted by Gasteiger charge is -2.40.